The molecule has 2 aromatic rings. The summed E-state index contributed by atoms with van der Waals surface area (Å²) in [5.41, 5.74) is 2.30. The van der Waals surface area contributed by atoms with E-state index in [0.717, 1.165) is 5.69 Å². The van der Waals surface area contributed by atoms with Gasteiger partial charge in [0.05, 0.1) is 12.2 Å². The predicted molar refractivity (Wildman–Crippen MR) is 84.5 cm³/mol. The van der Waals surface area contributed by atoms with Gasteiger partial charge in [-0.3, -0.25) is 4.79 Å². The van der Waals surface area contributed by atoms with Crippen molar-refractivity contribution in [3.8, 4) is 0 Å². The molecule has 1 aliphatic heterocycles. The first-order valence-electron chi connectivity index (χ1n) is 7.73. The summed E-state index contributed by atoms with van der Waals surface area (Å²) in [7, 11) is 2.02. The number of likely N-dealkylation sites (tertiary alicyclic amines) is 1. The second-order valence-corrected chi connectivity index (χ2v) is 6.02. The molecule has 0 unspecified atom stereocenters. The molecule has 1 aromatic heterocycles. The fourth-order valence-corrected chi connectivity index (χ4v) is 3.12. The lowest BCUT2D eigenvalue weighted by Crippen LogP contribution is -2.49. The summed E-state index contributed by atoms with van der Waals surface area (Å²) < 4.78 is 2.12. The van der Waals surface area contributed by atoms with Crippen molar-refractivity contribution >= 4 is 16.8 Å². The van der Waals surface area contributed by atoms with Crippen LogP contribution in [0.3, 0.4) is 0 Å². The van der Waals surface area contributed by atoms with E-state index in [-0.39, 0.29) is 12.5 Å². The maximum absolute atomic E-state index is 12.3. The number of carbonyl (C=O) groups is 1. The molecule has 0 saturated carbocycles. The van der Waals surface area contributed by atoms with E-state index in [4.69, 9.17) is 0 Å². The highest BCUT2D eigenvalue weighted by Gasteiger charge is 2.28. The Balaban J connectivity index is 1.64. The summed E-state index contributed by atoms with van der Waals surface area (Å²) in [6.45, 7) is 0.751. The Morgan fingerprint density at radius 1 is 1.27 bits per heavy atom. The minimum atomic E-state index is -0.824. The normalized spacial score (nSPS) is 22.2. The van der Waals surface area contributed by atoms with Gasteiger partial charge < -0.3 is 19.7 Å². The highest BCUT2D eigenvalue weighted by molar-refractivity contribution is 5.82. The molecule has 1 aliphatic rings. The Bertz CT molecular complexity index is 680. The molecule has 0 bridgehead atoms. The van der Waals surface area contributed by atoms with Gasteiger partial charge in [-0.1, -0.05) is 18.2 Å². The molecule has 0 spiro atoms. The number of aryl methyl sites for hydroxylation is 2. The number of carbonyl (C=O) groups excluding carboxylic acids is 1. The van der Waals surface area contributed by atoms with E-state index in [2.05, 4.69) is 22.8 Å². The minimum absolute atomic E-state index is 0.0382. The lowest BCUT2D eigenvalue weighted by atomic mass is 10.0. The molecule has 22 heavy (non-hydrogen) atoms. The molecule has 5 heteroatoms. The third-order valence-corrected chi connectivity index (χ3v) is 4.55. The first-order valence-corrected chi connectivity index (χ1v) is 7.73. The monoisotopic (exact) mass is 302 g/mol. The third kappa shape index (κ3) is 2.87. The third-order valence-electron chi connectivity index (χ3n) is 4.55. The number of hydrogen-bond acceptors (Lipinski definition) is 3. The first kappa shape index (κ1) is 15.1. The summed E-state index contributed by atoms with van der Waals surface area (Å²) in [5, 5.41) is 20.4. The number of amides is 1. The molecule has 1 amide bonds. The minimum Gasteiger partial charge on any atom is -0.390 e. The van der Waals surface area contributed by atoms with Crippen molar-refractivity contribution in [2.45, 2.75) is 31.5 Å². The largest absolute Gasteiger partial charge is 0.390 e. The van der Waals surface area contributed by atoms with Gasteiger partial charge in [-0.15, -0.1) is 0 Å². The molecule has 0 radical (unpaired) electrons. The van der Waals surface area contributed by atoms with Crippen LogP contribution in [0.25, 0.3) is 10.9 Å². The van der Waals surface area contributed by atoms with Gasteiger partial charge in [0.15, 0.2) is 0 Å². The highest BCUT2D eigenvalue weighted by atomic mass is 16.3. The summed E-state index contributed by atoms with van der Waals surface area (Å²) in [6, 6.07) is 10.3. The van der Waals surface area contributed by atoms with Crippen LogP contribution in [0.15, 0.2) is 30.3 Å². The number of fused-ring (bicyclic) bond motifs is 1. The average molecular weight is 302 g/mol. The quantitative estimate of drug-likeness (QED) is 0.891. The maximum atomic E-state index is 12.3. The van der Waals surface area contributed by atoms with Crippen LogP contribution in [-0.2, 0) is 18.3 Å². The molecule has 1 aromatic carbocycles. The van der Waals surface area contributed by atoms with Crippen molar-refractivity contribution in [2.75, 3.05) is 13.1 Å². The number of rotatable bonds is 3. The van der Waals surface area contributed by atoms with Gasteiger partial charge in [0.25, 0.3) is 0 Å². The number of aliphatic hydroxyl groups excluding tert-OH is 2. The van der Waals surface area contributed by atoms with E-state index < -0.39 is 12.2 Å². The summed E-state index contributed by atoms with van der Waals surface area (Å²) in [4.78, 5) is 13.9. The fourth-order valence-electron chi connectivity index (χ4n) is 3.12. The Morgan fingerprint density at radius 3 is 2.77 bits per heavy atom. The number of benzene rings is 1. The van der Waals surface area contributed by atoms with Crippen LogP contribution < -0.4 is 0 Å². The molecule has 1 saturated heterocycles. The van der Waals surface area contributed by atoms with Crippen LogP contribution in [-0.4, -0.2) is 50.9 Å². The Labute approximate surface area is 129 Å². The topological polar surface area (TPSA) is 65.7 Å². The van der Waals surface area contributed by atoms with Gasteiger partial charge in [0.1, 0.15) is 0 Å². The van der Waals surface area contributed by atoms with E-state index >= 15 is 0 Å². The molecular formula is C17H22N2O3. The van der Waals surface area contributed by atoms with Gasteiger partial charge in [-0.05, 0) is 30.4 Å². The van der Waals surface area contributed by atoms with Crippen molar-refractivity contribution in [1.29, 1.82) is 0 Å². The Morgan fingerprint density at radius 2 is 2.05 bits per heavy atom. The highest BCUT2D eigenvalue weighted by Crippen LogP contribution is 2.20. The van der Waals surface area contributed by atoms with Crippen LogP contribution in [0, 0.1) is 0 Å². The molecule has 3 rings (SSSR count). The van der Waals surface area contributed by atoms with Crippen LogP contribution in [0.1, 0.15) is 18.5 Å². The first-order chi connectivity index (χ1) is 10.6. The molecular weight excluding hydrogens is 280 g/mol. The molecule has 5 nitrogen and oxygen atoms in total. The lowest BCUT2D eigenvalue weighted by Gasteiger charge is -2.33. The van der Waals surface area contributed by atoms with Crippen LogP contribution in [0.2, 0.25) is 0 Å². The molecule has 2 atom stereocenters. The van der Waals surface area contributed by atoms with Gasteiger partial charge in [-0.2, -0.15) is 0 Å². The molecule has 1 fully saturated rings. The zero-order valence-corrected chi connectivity index (χ0v) is 12.8. The van der Waals surface area contributed by atoms with Crippen molar-refractivity contribution in [2.24, 2.45) is 7.05 Å². The average Bonchev–Trinajstić information content (AvgIpc) is 2.84. The molecule has 0 aliphatic carbocycles. The molecule has 118 valence electrons. The van der Waals surface area contributed by atoms with Crippen LogP contribution in [0.4, 0.5) is 0 Å². The summed E-state index contributed by atoms with van der Waals surface area (Å²) >= 11 is 0. The van der Waals surface area contributed by atoms with Crippen LogP contribution in [0.5, 0.6) is 0 Å². The fraction of sp³-hybridized carbons (Fsp3) is 0.471. The van der Waals surface area contributed by atoms with E-state index in [0.29, 0.717) is 25.8 Å². The van der Waals surface area contributed by atoms with E-state index in [1.54, 1.807) is 4.90 Å². The zero-order valence-electron chi connectivity index (χ0n) is 12.8. The van der Waals surface area contributed by atoms with Gasteiger partial charge in [0.2, 0.25) is 5.91 Å². The van der Waals surface area contributed by atoms with E-state index in [1.165, 1.54) is 10.9 Å². The van der Waals surface area contributed by atoms with E-state index in [1.807, 2.05) is 19.2 Å². The van der Waals surface area contributed by atoms with Crippen molar-refractivity contribution in [1.82, 2.24) is 9.47 Å². The predicted octanol–water partition coefficient (Wildman–Crippen LogP) is 1.06. The summed E-state index contributed by atoms with van der Waals surface area (Å²) in [5.74, 6) is 0.0382. The number of para-hydroxylation sites is 1. The second-order valence-electron chi connectivity index (χ2n) is 6.02. The van der Waals surface area contributed by atoms with Gasteiger partial charge in [0, 0.05) is 37.8 Å². The smallest absolute Gasteiger partial charge is 0.223 e. The zero-order chi connectivity index (χ0) is 15.7. The van der Waals surface area contributed by atoms with Gasteiger partial charge in [-0.25, -0.2) is 0 Å². The number of piperidine rings is 1. The number of β-amino-alcohol motifs (C(OH)–C–C–N with tert-alkyl or cyclic N) is 1. The van der Waals surface area contributed by atoms with Crippen molar-refractivity contribution < 1.29 is 15.0 Å². The molecule has 2 N–H and O–H groups in total. The lowest BCUT2D eigenvalue weighted by molar-refractivity contribution is -0.137. The number of aromatic nitrogens is 1. The van der Waals surface area contributed by atoms with Gasteiger partial charge >= 0.3 is 0 Å². The van der Waals surface area contributed by atoms with Crippen molar-refractivity contribution in [3.05, 3.63) is 36.0 Å². The number of hydrogen-bond donors (Lipinski definition) is 2. The summed E-state index contributed by atoms with van der Waals surface area (Å²) in [6.07, 6.45) is 0.0186. The standard InChI is InChI=1S/C17H22N2O3/c1-18-13(10-12-4-2-3-5-14(12)18)6-7-17(22)19-9-8-15(20)16(21)11-19/h2-5,10,15-16,20-21H,6-9,11H2,1H3/t15-,16+/m1/s1. The maximum Gasteiger partial charge on any atom is 0.223 e. The number of aliphatic hydroxyl groups is 2. The second kappa shape index (κ2) is 6.10. The van der Waals surface area contributed by atoms with Crippen LogP contribution >= 0.6 is 0 Å². The molecule has 2 heterocycles. The number of nitrogens with zero attached hydrogens (tertiary/aromatic N) is 2. The Hall–Kier alpha value is -1.85. The Kier molecular flexibility index (Phi) is 4.18. The van der Waals surface area contributed by atoms with Crippen molar-refractivity contribution in [3.63, 3.8) is 0 Å². The van der Waals surface area contributed by atoms with E-state index in [9.17, 15) is 15.0 Å². The SMILES string of the molecule is Cn1c(CCC(=O)N2CC[C@@H](O)[C@@H](O)C2)cc2ccccc21.